The van der Waals surface area contributed by atoms with E-state index in [1.807, 2.05) is 34.6 Å². The second-order valence-electron chi connectivity index (χ2n) is 5.82. The highest BCUT2D eigenvalue weighted by molar-refractivity contribution is 5.78. The van der Waals surface area contributed by atoms with Crippen molar-refractivity contribution in [1.82, 2.24) is 5.32 Å². The monoisotopic (exact) mass is 243 g/mol. The van der Waals surface area contributed by atoms with Gasteiger partial charge in [0.05, 0.1) is 0 Å². The average Bonchev–Trinajstić information content (AvgIpc) is 1.96. The minimum absolute atomic E-state index is 0.0667. The van der Waals surface area contributed by atoms with Crippen molar-refractivity contribution in [1.29, 1.82) is 0 Å². The maximum absolute atomic E-state index is 11.7. The molecule has 0 aromatic heterocycles. The first-order chi connectivity index (χ1) is 7.58. The normalized spacial score (nSPS) is 14.9. The first-order valence-electron chi connectivity index (χ1n) is 6.08. The van der Waals surface area contributed by atoms with Crippen LogP contribution in [0.3, 0.4) is 0 Å². The number of alkyl carbamates (subject to hydrolysis) is 1. The Morgan fingerprint density at radius 2 is 1.71 bits per heavy atom. The van der Waals surface area contributed by atoms with E-state index in [9.17, 15) is 9.59 Å². The molecule has 4 heteroatoms. The van der Waals surface area contributed by atoms with Crippen LogP contribution in [0.1, 0.15) is 60.8 Å². The highest BCUT2D eigenvalue weighted by Crippen LogP contribution is 2.18. The Hall–Kier alpha value is -1.06. The van der Waals surface area contributed by atoms with Gasteiger partial charge in [-0.25, -0.2) is 4.79 Å². The minimum atomic E-state index is -0.520. The predicted molar refractivity (Wildman–Crippen MR) is 68.0 cm³/mol. The van der Waals surface area contributed by atoms with E-state index in [0.29, 0.717) is 6.42 Å². The molecule has 1 N–H and O–H groups in total. The van der Waals surface area contributed by atoms with Crippen LogP contribution in [0.4, 0.5) is 4.79 Å². The summed E-state index contributed by atoms with van der Waals surface area (Å²) in [5.74, 6) is 0.0667. The Morgan fingerprint density at radius 1 is 1.18 bits per heavy atom. The summed E-state index contributed by atoms with van der Waals surface area (Å²) in [5, 5.41) is 2.80. The van der Waals surface area contributed by atoms with Gasteiger partial charge in [-0.2, -0.15) is 0 Å². The van der Waals surface area contributed by atoms with E-state index in [1.165, 1.54) is 6.92 Å². The number of amides is 1. The van der Waals surface area contributed by atoms with Gasteiger partial charge in [-0.1, -0.05) is 13.3 Å². The third-order valence-electron chi connectivity index (χ3n) is 2.24. The lowest BCUT2D eigenvalue weighted by Gasteiger charge is -2.31. The van der Waals surface area contributed by atoms with E-state index in [4.69, 9.17) is 4.74 Å². The molecule has 17 heavy (non-hydrogen) atoms. The molecule has 0 saturated carbocycles. The molecule has 4 nitrogen and oxygen atoms in total. The summed E-state index contributed by atoms with van der Waals surface area (Å²) in [6.45, 7) is 10.9. The Kier molecular flexibility index (Phi) is 5.66. The first kappa shape index (κ1) is 15.9. The number of Topliss-reactive ketones (excluding diaryl/α,β-unsaturated/α-hetero) is 1. The molecular formula is C13H25NO3. The van der Waals surface area contributed by atoms with Crippen molar-refractivity contribution in [3.63, 3.8) is 0 Å². The number of carbonyl (C=O) groups excluding carboxylic acids is 2. The Balaban J connectivity index is 4.53. The van der Waals surface area contributed by atoms with Crippen molar-refractivity contribution >= 4 is 11.9 Å². The molecule has 0 aromatic rings. The molecule has 0 heterocycles. The van der Waals surface area contributed by atoms with Crippen LogP contribution in [-0.4, -0.2) is 23.0 Å². The minimum Gasteiger partial charge on any atom is -0.444 e. The second kappa shape index (κ2) is 6.03. The van der Waals surface area contributed by atoms with Crippen molar-refractivity contribution in [2.75, 3.05) is 0 Å². The van der Waals surface area contributed by atoms with E-state index in [-0.39, 0.29) is 5.78 Å². The van der Waals surface area contributed by atoms with Crippen LogP contribution in [0.25, 0.3) is 0 Å². The fourth-order valence-electron chi connectivity index (χ4n) is 1.85. The molecule has 0 aromatic carbocycles. The van der Waals surface area contributed by atoms with Crippen molar-refractivity contribution in [2.45, 2.75) is 71.9 Å². The molecule has 1 amide bonds. The summed E-state index contributed by atoms with van der Waals surface area (Å²) in [7, 11) is 0. The fraction of sp³-hybridized carbons (Fsp3) is 0.846. The highest BCUT2D eigenvalue weighted by atomic mass is 16.6. The Morgan fingerprint density at radius 3 is 2.06 bits per heavy atom. The quantitative estimate of drug-likeness (QED) is 0.807. The maximum Gasteiger partial charge on any atom is 0.408 e. The number of carbonyl (C=O) groups is 2. The molecule has 0 fully saturated rings. The van der Waals surface area contributed by atoms with Crippen molar-refractivity contribution in [3.8, 4) is 0 Å². The van der Waals surface area contributed by atoms with E-state index in [0.717, 1.165) is 12.8 Å². The topological polar surface area (TPSA) is 55.4 Å². The highest BCUT2D eigenvalue weighted by Gasteiger charge is 2.29. The number of rotatable bonds is 5. The van der Waals surface area contributed by atoms with Gasteiger partial charge in [-0.3, -0.25) is 4.79 Å². The zero-order valence-corrected chi connectivity index (χ0v) is 11.8. The summed E-state index contributed by atoms with van der Waals surface area (Å²) in [4.78, 5) is 22.9. The summed E-state index contributed by atoms with van der Waals surface area (Å²) in [6, 6.07) is 0. The summed E-state index contributed by atoms with van der Waals surface area (Å²) < 4.78 is 5.20. The van der Waals surface area contributed by atoms with E-state index in [1.54, 1.807) is 0 Å². The number of ketones is 1. The van der Waals surface area contributed by atoms with E-state index < -0.39 is 17.2 Å². The van der Waals surface area contributed by atoms with Crippen molar-refractivity contribution < 1.29 is 14.3 Å². The van der Waals surface area contributed by atoms with Gasteiger partial charge in [0.15, 0.2) is 0 Å². The first-order valence-corrected chi connectivity index (χ1v) is 6.08. The smallest absolute Gasteiger partial charge is 0.408 e. The largest absolute Gasteiger partial charge is 0.444 e. The molecule has 0 aliphatic carbocycles. The lowest BCUT2D eigenvalue weighted by Crippen LogP contribution is -2.48. The zero-order chi connectivity index (χ0) is 13.7. The lowest BCUT2D eigenvalue weighted by molar-refractivity contribution is -0.118. The summed E-state index contributed by atoms with van der Waals surface area (Å²) in [5.41, 5.74) is -1.03. The average molecular weight is 243 g/mol. The van der Waals surface area contributed by atoms with E-state index >= 15 is 0 Å². The van der Waals surface area contributed by atoms with Crippen LogP contribution < -0.4 is 5.32 Å². The number of hydrogen-bond donors (Lipinski definition) is 1. The number of ether oxygens (including phenoxy) is 1. The predicted octanol–water partition coefficient (Wildman–Crippen LogP) is 3.05. The maximum atomic E-state index is 11.7. The fourth-order valence-corrected chi connectivity index (χ4v) is 1.85. The van der Waals surface area contributed by atoms with Gasteiger partial charge in [0, 0.05) is 12.0 Å². The summed E-state index contributed by atoms with van der Waals surface area (Å²) >= 11 is 0. The van der Waals surface area contributed by atoms with Crippen LogP contribution in [0.5, 0.6) is 0 Å². The molecule has 0 aliphatic rings. The van der Waals surface area contributed by atoms with Gasteiger partial charge in [0.25, 0.3) is 0 Å². The third-order valence-corrected chi connectivity index (χ3v) is 2.24. The second-order valence-corrected chi connectivity index (χ2v) is 5.82. The standard InChI is InChI=1S/C13H25NO3/c1-7-8-13(6,9-10(2)15)14-11(16)17-12(3,4)5/h7-9H2,1-6H3,(H,14,16)/t13-/m1/s1. The van der Waals surface area contributed by atoms with Crippen LogP contribution in [0.2, 0.25) is 0 Å². The van der Waals surface area contributed by atoms with Crippen molar-refractivity contribution in [2.24, 2.45) is 0 Å². The Labute approximate surface area is 104 Å². The SMILES string of the molecule is CCC[C@](C)(CC(C)=O)NC(=O)OC(C)(C)C. The van der Waals surface area contributed by atoms with Gasteiger partial charge in [-0.15, -0.1) is 0 Å². The number of hydrogen-bond acceptors (Lipinski definition) is 3. The lowest BCUT2D eigenvalue weighted by atomic mass is 9.90. The molecule has 0 aliphatic heterocycles. The van der Waals surface area contributed by atoms with Crippen LogP contribution in [0.15, 0.2) is 0 Å². The zero-order valence-electron chi connectivity index (χ0n) is 11.8. The molecule has 0 saturated heterocycles. The molecule has 0 radical (unpaired) electrons. The van der Waals surface area contributed by atoms with Gasteiger partial charge in [0.2, 0.25) is 0 Å². The van der Waals surface area contributed by atoms with Crippen LogP contribution in [-0.2, 0) is 9.53 Å². The Bertz CT molecular complexity index is 281. The van der Waals surface area contributed by atoms with Crippen LogP contribution in [0, 0.1) is 0 Å². The molecule has 0 rings (SSSR count). The molecular weight excluding hydrogens is 218 g/mol. The molecule has 0 unspecified atom stereocenters. The van der Waals surface area contributed by atoms with Gasteiger partial charge >= 0.3 is 6.09 Å². The van der Waals surface area contributed by atoms with Crippen molar-refractivity contribution in [3.05, 3.63) is 0 Å². The molecule has 0 bridgehead atoms. The third kappa shape index (κ3) is 7.77. The molecule has 0 spiro atoms. The van der Waals surface area contributed by atoms with Gasteiger partial charge < -0.3 is 10.1 Å². The van der Waals surface area contributed by atoms with E-state index in [2.05, 4.69) is 5.32 Å². The van der Waals surface area contributed by atoms with Gasteiger partial charge in [-0.05, 0) is 41.0 Å². The summed E-state index contributed by atoms with van der Waals surface area (Å²) in [6.07, 6.45) is 1.53. The van der Waals surface area contributed by atoms with Gasteiger partial charge in [0.1, 0.15) is 11.4 Å². The molecule has 100 valence electrons. The number of nitrogens with one attached hydrogen (secondary N) is 1. The van der Waals surface area contributed by atoms with Crippen LogP contribution >= 0.6 is 0 Å². The molecule has 1 atom stereocenters.